The lowest BCUT2D eigenvalue weighted by molar-refractivity contribution is 0.0690. The molecule has 0 bridgehead atoms. The zero-order valence-electron chi connectivity index (χ0n) is 10.2. The van der Waals surface area contributed by atoms with Crippen molar-refractivity contribution in [2.45, 2.75) is 4.90 Å². The molecule has 1 aromatic heterocycles. The number of nitrogens with one attached hydrogen (secondary N) is 2. The molecule has 21 heavy (non-hydrogen) atoms. The van der Waals surface area contributed by atoms with Crippen LogP contribution in [0.25, 0.3) is 0 Å². The molecule has 0 saturated carbocycles. The van der Waals surface area contributed by atoms with Crippen molar-refractivity contribution in [2.24, 2.45) is 0 Å². The van der Waals surface area contributed by atoms with E-state index in [4.69, 9.17) is 22.0 Å². The van der Waals surface area contributed by atoms with Gasteiger partial charge in [-0.2, -0.15) is 10.4 Å². The van der Waals surface area contributed by atoms with Gasteiger partial charge in [-0.3, -0.25) is 9.82 Å². The van der Waals surface area contributed by atoms with E-state index >= 15 is 0 Å². The lowest BCUT2D eigenvalue weighted by atomic mass is 10.2. The molecular formula is C11H7ClN4O4S. The summed E-state index contributed by atoms with van der Waals surface area (Å²) in [7, 11) is -4.12. The minimum Gasteiger partial charge on any atom is -0.477 e. The molecule has 0 aliphatic heterocycles. The number of halogens is 1. The number of benzene rings is 1. The second-order valence-corrected chi connectivity index (χ2v) is 5.92. The number of aromatic amines is 1. The summed E-state index contributed by atoms with van der Waals surface area (Å²) < 4.78 is 26.4. The smallest absolute Gasteiger partial charge is 0.353 e. The molecule has 1 aromatic carbocycles. The molecule has 0 amide bonds. The lowest BCUT2D eigenvalue weighted by Crippen LogP contribution is -2.14. The number of rotatable bonds is 4. The molecule has 0 aliphatic carbocycles. The molecule has 108 valence electrons. The number of carboxylic acids is 1. The number of H-pyrrole nitrogens is 1. The van der Waals surface area contributed by atoms with Gasteiger partial charge in [0.15, 0.2) is 5.82 Å². The van der Waals surface area contributed by atoms with Gasteiger partial charge >= 0.3 is 5.97 Å². The normalized spacial score (nSPS) is 10.9. The molecule has 1 heterocycles. The van der Waals surface area contributed by atoms with E-state index in [0.717, 1.165) is 12.1 Å². The van der Waals surface area contributed by atoms with Gasteiger partial charge in [0.25, 0.3) is 10.0 Å². The maximum absolute atomic E-state index is 12.2. The van der Waals surface area contributed by atoms with Crippen LogP contribution in [-0.2, 0) is 10.0 Å². The first-order chi connectivity index (χ1) is 9.83. The Bertz CT molecular complexity index is 853. The second kappa shape index (κ2) is 5.43. The SMILES string of the molecule is N#Cc1ccc(Cl)cc1S(=O)(=O)Nc1cc(C(=O)O)[nH]n1. The van der Waals surface area contributed by atoms with E-state index in [0.29, 0.717) is 0 Å². The van der Waals surface area contributed by atoms with E-state index in [1.165, 1.54) is 12.1 Å². The molecule has 2 aromatic rings. The molecule has 10 heteroatoms. The van der Waals surface area contributed by atoms with Crippen molar-refractivity contribution in [3.05, 3.63) is 40.5 Å². The van der Waals surface area contributed by atoms with E-state index in [-0.39, 0.29) is 27.0 Å². The Morgan fingerprint density at radius 2 is 2.14 bits per heavy atom. The Morgan fingerprint density at radius 1 is 1.43 bits per heavy atom. The third-order valence-corrected chi connectivity index (χ3v) is 4.03. The Hall–Kier alpha value is -2.57. The van der Waals surface area contributed by atoms with E-state index in [9.17, 15) is 13.2 Å². The third-order valence-electron chi connectivity index (χ3n) is 2.40. The largest absolute Gasteiger partial charge is 0.477 e. The number of hydrogen-bond acceptors (Lipinski definition) is 5. The van der Waals surface area contributed by atoms with Crippen molar-refractivity contribution in [3.63, 3.8) is 0 Å². The third kappa shape index (κ3) is 3.13. The van der Waals surface area contributed by atoms with Crippen LogP contribution in [0, 0.1) is 11.3 Å². The number of aromatic nitrogens is 2. The maximum Gasteiger partial charge on any atom is 0.353 e. The topological polar surface area (TPSA) is 136 Å². The summed E-state index contributed by atoms with van der Waals surface area (Å²) in [6, 6.07) is 6.52. The summed E-state index contributed by atoms with van der Waals surface area (Å²) in [4.78, 5) is 10.4. The second-order valence-electron chi connectivity index (χ2n) is 3.83. The van der Waals surface area contributed by atoms with Crippen molar-refractivity contribution in [1.29, 1.82) is 5.26 Å². The molecule has 0 saturated heterocycles. The standard InChI is InChI=1S/C11H7ClN4O4S/c12-7-2-1-6(5-13)9(3-7)21(19,20)16-10-4-8(11(17)18)14-15-10/h1-4H,(H,17,18)(H2,14,15,16). The minimum atomic E-state index is -4.12. The number of hydrogen-bond donors (Lipinski definition) is 3. The fourth-order valence-corrected chi connectivity index (χ4v) is 2.90. The van der Waals surface area contributed by atoms with Gasteiger partial charge in [-0.15, -0.1) is 0 Å². The Morgan fingerprint density at radius 3 is 2.71 bits per heavy atom. The van der Waals surface area contributed by atoms with Crippen LogP contribution < -0.4 is 4.72 Å². The summed E-state index contributed by atoms with van der Waals surface area (Å²) in [5.41, 5.74) is -0.375. The summed E-state index contributed by atoms with van der Waals surface area (Å²) in [6.45, 7) is 0. The number of carboxylic acid groups (broad SMARTS) is 1. The molecule has 0 fully saturated rings. The maximum atomic E-state index is 12.2. The summed E-state index contributed by atoms with van der Waals surface area (Å²) in [5.74, 6) is -1.50. The number of aromatic carboxylic acids is 1. The van der Waals surface area contributed by atoms with Crippen LogP contribution in [0.3, 0.4) is 0 Å². The predicted octanol–water partition coefficient (Wildman–Crippen LogP) is 1.43. The number of anilines is 1. The molecule has 0 unspecified atom stereocenters. The van der Waals surface area contributed by atoms with Gasteiger partial charge in [-0.1, -0.05) is 11.6 Å². The quantitative estimate of drug-likeness (QED) is 0.777. The fraction of sp³-hybridized carbons (Fsp3) is 0. The van der Waals surface area contributed by atoms with Crippen LogP contribution in [0.2, 0.25) is 5.02 Å². The average Bonchev–Trinajstić information content (AvgIpc) is 2.86. The summed E-state index contributed by atoms with van der Waals surface area (Å²) >= 11 is 5.73. The van der Waals surface area contributed by atoms with Crippen LogP contribution in [-0.4, -0.2) is 29.7 Å². The van der Waals surface area contributed by atoms with Crippen molar-refractivity contribution in [3.8, 4) is 6.07 Å². The average molecular weight is 327 g/mol. The highest BCUT2D eigenvalue weighted by Gasteiger charge is 2.21. The highest BCUT2D eigenvalue weighted by molar-refractivity contribution is 7.92. The van der Waals surface area contributed by atoms with Gasteiger partial charge in [-0.05, 0) is 18.2 Å². The first-order valence-corrected chi connectivity index (χ1v) is 7.21. The molecular weight excluding hydrogens is 320 g/mol. The molecule has 0 aliphatic rings. The van der Waals surface area contributed by atoms with Crippen LogP contribution in [0.5, 0.6) is 0 Å². The van der Waals surface area contributed by atoms with Gasteiger partial charge < -0.3 is 5.11 Å². The van der Waals surface area contributed by atoms with Gasteiger partial charge in [0.1, 0.15) is 16.7 Å². The fourth-order valence-electron chi connectivity index (χ4n) is 1.49. The zero-order valence-corrected chi connectivity index (χ0v) is 11.7. The van der Waals surface area contributed by atoms with Crippen LogP contribution in [0.4, 0.5) is 5.82 Å². The number of nitriles is 1. The van der Waals surface area contributed by atoms with Gasteiger partial charge in [0.05, 0.1) is 5.56 Å². The van der Waals surface area contributed by atoms with E-state index in [1.54, 1.807) is 6.07 Å². The van der Waals surface area contributed by atoms with Gasteiger partial charge in [0.2, 0.25) is 0 Å². The molecule has 2 rings (SSSR count). The Balaban J connectivity index is 2.41. The van der Waals surface area contributed by atoms with Crippen LogP contribution in [0.1, 0.15) is 16.1 Å². The van der Waals surface area contributed by atoms with E-state index in [1.807, 2.05) is 0 Å². The molecule has 8 nitrogen and oxygen atoms in total. The molecule has 0 atom stereocenters. The first kappa shape index (κ1) is 14.8. The van der Waals surface area contributed by atoms with Crippen molar-refractivity contribution < 1.29 is 18.3 Å². The highest BCUT2D eigenvalue weighted by atomic mass is 35.5. The summed E-state index contributed by atoms with van der Waals surface area (Å²) in [5, 5.41) is 23.5. The first-order valence-electron chi connectivity index (χ1n) is 5.34. The van der Waals surface area contributed by atoms with Crippen molar-refractivity contribution in [1.82, 2.24) is 10.2 Å². The molecule has 3 N–H and O–H groups in total. The van der Waals surface area contributed by atoms with Crippen LogP contribution in [0.15, 0.2) is 29.2 Å². The predicted molar refractivity (Wildman–Crippen MR) is 72.5 cm³/mol. The monoisotopic (exact) mass is 326 g/mol. The Kier molecular flexibility index (Phi) is 3.84. The lowest BCUT2D eigenvalue weighted by Gasteiger charge is -2.07. The number of carbonyl (C=O) groups is 1. The van der Waals surface area contributed by atoms with E-state index < -0.39 is 16.0 Å². The number of sulfonamides is 1. The van der Waals surface area contributed by atoms with E-state index in [2.05, 4.69) is 14.9 Å². The van der Waals surface area contributed by atoms with Gasteiger partial charge in [0, 0.05) is 11.1 Å². The molecule has 0 radical (unpaired) electrons. The molecule has 0 spiro atoms. The van der Waals surface area contributed by atoms with Crippen LogP contribution >= 0.6 is 11.6 Å². The van der Waals surface area contributed by atoms with Gasteiger partial charge in [-0.25, -0.2) is 13.2 Å². The Labute approximate surface area is 124 Å². The van der Waals surface area contributed by atoms with Crippen molar-refractivity contribution >= 4 is 33.4 Å². The highest BCUT2D eigenvalue weighted by Crippen LogP contribution is 2.22. The minimum absolute atomic E-state index is 0.0964. The zero-order chi connectivity index (χ0) is 15.6. The van der Waals surface area contributed by atoms with Crippen molar-refractivity contribution in [2.75, 3.05) is 4.72 Å². The number of nitrogens with zero attached hydrogens (tertiary/aromatic N) is 2. The summed E-state index contributed by atoms with van der Waals surface area (Å²) in [6.07, 6.45) is 0.